The van der Waals surface area contributed by atoms with Gasteiger partial charge in [0.2, 0.25) is 11.8 Å². The number of hydrogen-bond donors (Lipinski definition) is 4. The van der Waals surface area contributed by atoms with E-state index in [-0.39, 0.29) is 19.1 Å². The van der Waals surface area contributed by atoms with Gasteiger partial charge in [-0.05, 0) is 30.7 Å². The number of likely N-dealkylation sites (tertiary alicyclic amines) is 1. The zero-order valence-corrected chi connectivity index (χ0v) is 22.9. The normalized spacial score (nSPS) is 13.7. The van der Waals surface area contributed by atoms with Crippen molar-refractivity contribution in [3.63, 3.8) is 0 Å². The molecule has 6 N–H and O–H groups in total. The summed E-state index contributed by atoms with van der Waals surface area (Å²) in [5.74, 6) is -0.653. The lowest BCUT2D eigenvalue weighted by atomic mass is 10.2. The van der Waals surface area contributed by atoms with E-state index in [2.05, 4.69) is 36.4 Å². The zero-order chi connectivity index (χ0) is 28.9. The SMILES string of the molecule is CC(C)C.CCCN=C(N)N.O=C(CF)CNC(=O)C1CCCN1C(=O)CNC(=O)OCc1ccccc1. The molecule has 1 aromatic rings. The van der Waals surface area contributed by atoms with Gasteiger partial charge in [-0.1, -0.05) is 58.0 Å². The maximum Gasteiger partial charge on any atom is 0.407 e. The molecule has 1 saturated heterocycles. The van der Waals surface area contributed by atoms with Crippen LogP contribution in [0.3, 0.4) is 0 Å². The summed E-state index contributed by atoms with van der Waals surface area (Å²) in [6.45, 7) is 7.85. The van der Waals surface area contributed by atoms with E-state index >= 15 is 0 Å². The molecular formula is C26H43FN6O5. The first-order valence-corrected chi connectivity index (χ1v) is 12.7. The number of halogens is 1. The van der Waals surface area contributed by atoms with Crippen molar-refractivity contribution in [2.45, 2.75) is 59.6 Å². The number of nitrogens with one attached hydrogen (secondary N) is 2. The van der Waals surface area contributed by atoms with Crippen LogP contribution in [0, 0.1) is 5.92 Å². The van der Waals surface area contributed by atoms with Crippen LogP contribution in [-0.4, -0.2) is 73.4 Å². The number of nitrogens with two attached hydrogens (primary N) is 2. The molecule has 1 aliphatic rings. The Balaban J connectivity index is 0.00000105. The van der Waals surface area contributed by atoms with Crippen LogP contribution in [0.4, 0.5) is 9.18 Å². The molecular weight excluding hydrogens is 495 g/mol. The number of carbonyl (C=O) groups is 4. The van der Waals surface area contributed by atoms with Gasteiger partial charge in [-0.25, -0.2) is 9.18 Å². The number of hydrogen-bond acceptors (Lipinski definition) is 6. The average molecular weight is 539 g/mol. The van der Waals surface area contributed by atoms with E-state index in [0.717, 1.165) is 24.4 Å². The molecule has 1 heterocycles. The molecule has 1 atom stereocenters. The molecule has 0 radical (unpaired) electrons. The highest BCUT2D eigenvalue weighted by Gasteiger charge is 2.34. The quantitative estimate of drug-likeness (QED) is 0.260. The van der Waals surface area contributed by atoms with Crippen molar-refractivity contribution in [2.24, 2.45) is 22.4 Å². The zero-order valence-electron chi connectivity index (χ0n) is 22.9. The molecule has 0 aromatic heterocycles. The lowest BCUT2D eigenvalue weighted by Crippen LogP contribution is -2.49. The molecule has 11 nitrogen and oxygen atoms in total. The van der Waals surface area contributed by atoms with Gasteiger partial charge in [-0.15, -0.1) is 0 Å². The van der Waals surface area contributed by atoms with Crippen molar-refractivity contribution in [1.29, 1.82) is 0 Å². The highest BCUT2D eigenvalue weighted by Crippen LogP contribution is 2.17. The molecule has 0 saturated carbocycles. The van der Waals surface area contributed by atoms with E-state index in [4.69, 9.17) is 16.2 Å². The highest BCUT2D eigenvalue weighted by molar-refractivity contribution is 5.92. The number of rotatable bonds is 10. The number of aliphatic imine (C=N–C) groups is 1. The number of alkyl halides is 1. The van der Waals surface area contributed by atoms with Crippen LogP contribution >= 0.6 is 0 Å². The lowest BCUT2D eigenvalue weighted by Gasteiger charge is -2.23. The maximum atomic E-state index is 12.3. The van der Waals surface area contributed by atoms with E-state index < -0.39 is 43.0 Å². The van der Waals surface area contributed by atoms with Gasteiger partial charge in [0.05, 0.1) is 6.54 Å². The van der Waals surface area contributed by atoms with Crippen LogP contribution in [0.1, 0.15) is 52.5 Å². The number of nitrogens with zero attached hydrogens (tertiary/aromatic N) is 2. The van der Waals surface area contributed by atoms with Gasteiger partial charge in [-0.2, -0.15) is 0 Å². The number of benzene rings is 1. The van der Waals surface area contributed by atoms with Crippen molar-refractivity contribution < 1.29 is 28.3 Å². The molecule has 12 heteroatoms. The number of carbonyl (C=O) groups excluding carboxylic acids is 4. The third-order valence-corrected chi connectivity index (χ3v) is 4.60. The molecule has 3 amide bonds. The molecule has 0 aliphatic carbocycles. The second-order valence-corrected chi connectivity index (χ2v) is 9.09. The molecule has 214 valence electrons. The fourth-order valence-electron chi connectivity index (χ4n) is 2.95. The molecule has 1 aliphatic heterocycles. The minimum Gasteiger partial charge on any atom is -0.445 e. The Morgan fingerprint density at radius 2 is 1.74 bits per heavy atom. The van der Waals surface area contributed by atoms with Crippen molar-refractivity contribution in [2.75, 3.05) is 32.9 Å². The van der Waals surface area contributed by atoms with E-state index in [1.165, 1.54) is 4.90 Å². The predicted octanol–water partition coefficient (Wildman–Crippen LogP) is 1.89. The standard InChI is InChI=1S/C18H22FN3O5.C4H11N3.C4H10/c19-9-14(23)10-20-17(25)15-7-4-8-22(15)16(24)11-21-18(26)27-12-13-5-2-1-3-6-13;1-2-3-7-4(5)6;1-4(2)3/h1-3,5-6,15H,4,7-12H2,(H,20,25)(H,21,26);2-3H2,1H3,(H4,5,6,7);4H,1-3H3. The van der Waals surface area contributed by atoms with Gasteiger partial charge >= 0.3 is 6.09 Å². The number of Topliss-reactive ketones (excluding diaryl/α,β-unsaturated/α-hetero) is 1. The number of ketones is 1. The molecule has 38 heavy (non-hydrogen) atoms. The van der Waals surface area contributed by atoms with Crippen molar-refractivity contribution in [1.82, 2.24) is 15.5 Å². The topological polar surface area (TPSA) is 169 Å². The first kappa shape index (κ1) is 34.3. The van der Waals surface area contributed by atoms with Crippen molar-refractivity contribution in [3.8, 4) is 0 Å². The van der Waals surface area contributed by atoms with Gasteiger partial charge in [0, 0.05) is 13.1 Å². The highest BCUT2D eigenvalue weighted by atomic mass is 19.1. The Labute approximate surface area is 224 Å². The van der Waals surface area contributed by atoms with Gasteiger partial charge in [0.15, 0.2) is 11.7 Å². The second-order valence-electron chi connectivity index (χ2n) is 9.09. The monoisotopic (exact) mass is 538 g/mol. The van der Waals surface area contributed by atoms with E-state index in [0.29, 0.717) is 19.4 Å². The van der Waals surface area contributed by atoms with Crippen LogP contribution in [0.5, 0.6) is 0 Å². The molecule has 2 rings (SSSR count). The average Bonchev–Trinajstić information content (AvgIpc) is 3.38. The Morgan fingerprint density at radius 3 is 2.26 bits per heavy atom. The Morgan fingerprint density at radius 1 is 1.11 bits per heavy atom. The summed E-state index contributed by atoms with van der Waals surface area (Å²) >= 11 is 0. The Hall–Kier alpha value is -3.70. The summed E-state index contributed by atoms with van der Waals surface area (Å²) in [4.78, 5) is 52.1. The third-order valence-electron chi connectivity index (χ3n) is 4.60. The fourth-order valence-corrected chi connectivity index (χ4v) is 2.95. The summed E-state index contributed by atoms with van der Waals surface area (Å²) in [5, 5.41) is 4.69. The lowest BCUT2D eigenvalue weighted by molar-refractivity contribution is -0.138. The number of amides is 3. The van der Waals surface area contributed by atoms with Crippen LogP contribution in [0.25, 0.3) is 0 Å². The van der Waals surface area contributed by atoms with Gasteiger partial charge in [-0.3, -0.25) is 19.4 Å². The summed E-state index contributed by atoms with van der Waals surface area (Å²) in [7, 11) is 0. The van der Waals surface area contributed by atoms with Crippen molar-refractivity contribution in [3.05, 3.63) is 35.9 Å². The van der Waals surface area contributed by atoms with E-state index in [1.54, 1.807) is 12.1 Å². The number of guanidine groups is 1. The first-order valence-electron chi connectivity index (χ1n) is 12.7. The van der Waals surface area contributed by atoms with Gasteiger partial charge < -0.3 is 31.7 Å². The first-order chi connectivity index (χ1) is 18.0. The van der Waals surface area contributed by atoms with Crippen LogP contribution < -0.4 is 22.1 Å². The summed E-state index contributed by atoms with van der Waals surface area (Å²) in [6.07, 6.45) is 1.33. The number of alkyl carbamates (subject to hydrolysis) is 1. The van der Waals surface area contributed by atoms with Gasteiger partial charge in [0.25, 0.3) is 0 Å². The molecule has 0 spiro atoms. The Bertz CT molecular complexity index is 875. The predicted molar refractivity (Wildman–Crippen MR) is 145 cm³/mol. The van der Waals surface area contributed by atoms with E-state index in [9.17, 15) is 23.6 Å². The largest absolute Gasteiger partial charge is 0.445 e. The molecule has 1 unspecified atom stereocenters. The van der Waals surface area contributed by atoms with Gasteiger partial charge in [0.1, 0.15) is 25.9 Å². The van der Waals surface area contributed by atoms with E-state index in [1.807, 2.05) is 25.1 Å². The third kappa shape index (κ3) is 16.9. The van der Waals surface area contributed by atoms with Crippen LogP contribution in [0.2, 0.25) is 0 Å². The maximum absolute atomic E-state index is 12.3. The van der Waals surface area contributed by atoms with Crippen LogP contribution in [-0.2, 0) is 25.7 Å². The van der Waals surface area contributed by atoms with Crippen LogP contribution in [0.15, 0.2) is 35.3 Å². The summed E-state index contributed by atoms with van der Waals surface area (Å²) < 4.78 is 17.2. The fraction of sp³-hybridized carbons (Fsp3) is 0.577. The minimum atomic E-state index is -1.15. The second kappa shape index (κ2) is 20.4. The smallest absolute Gasteiger partial charge is 0.407 e. The molecule has 1 aromatic carbocycles. The molecule has 1 fully saturated rings. The Kier molecular flexibility index (Phi) is 18.4. The summed E-state index contributed by atoms with van der Waals surface area (Å²) in [6, 6.07) is 8.36. The molecule has 0 bridgehead atoms. The van der Waals surface area contributed by atoms with Crippen molar-refractivity contribution >= 4 is 29.7 Å². The number of ether oxygens (including phenoxy) is 1. The summed E-state index contributed by atoms with van der Waals surface area (Å²) in [5.41, 5.74) is 10.8. The minimum absolute atomic E-state index is 0.0816.